The van der Waals surface area contributed by atoms with E-state index >= 15 is 0 Å². The Bertz CT molecular complexity index is 1180. The van der Waals surface area contributed by atoms with Crippen molar-refractivity contribution in [2.24, 2.45) is 28.9 Å². The summed E-state index contributed by atoms with van der Waals surface area (Å²) in [6.07, 6.45) is 7.90. The largest absolute Gasteiger partial charge is 0.369 e. The normalized spacial score (nSPS) is 34.4. The highest BCUT2D eigenvalue weighted by Gasteiger charge is 2.58. The van der Waals surface area contributed by atoms with Crippen LogP contribution in [0.3, 0.4) is 0 Å². The summed E-state index contributed by atoms with van der Waals surface area (Å²) in [7, 11) is -3.60. The van der Waals surface area contributed by atoms with E-state index in [0.717, 1.165) is 44.9 Å². The van der Waals surface area contributed by atoms with Crippen LogP contribution in [0, 0.1) is 23.2 Å². The smallest absolute Gasteiger partial charge is 0.243 e. The molecule has 8 nitrogen and oxygen atoms in total. The summed E-state index contributed by atoms with van der Waals surface area (Å²) in [5.41, 5.74) is 5.47. The number of hydrogen-bond acceptors (Lipinski definition) is 5. The van der Waals surface area contributed by atoms with Crippen molar-refractivity contribution in [1.82, 2.24) is 14.5 Å². The SMILES string of the molecule is CC(C(=O)NC1C2CC3CC1CC(C(N)=O)(C3)C2)N1CCC(N(C2CC2)S(=O)(=O)c2ccc(Cl)cc2)CC1. The van der Waals surface area contributed by atoms with Crippen molar-refractivity contribution in [3.8, 4) is 0 Å². The topological polar surface area (TPSA) is 113 Å². The first-order valence-electron chi connectivity index (χ1n) is 14.2. The van der Waals surface area contributed by atoms with Gasteiger partial charge in [0.05, 0.1) is 10.9 Å². The lowest BCUT2D eigenvalue weighted by Crippen LogP contribution is -2.63. The molecule has 4 bridgehead atoms. The van der Waals surface area contributed by atoms with Crippen LogP contribution in [-0.2, 0) is 19.6 Å². The standard InChI is InChI=1S/C28H39ClN4O4S/c1-17(26(34)31-25-19-12-18-13-20(25)16-28(14-18,15-19)27(30)35)32-10-8-23(9-11-32)33(22-4-5-22)38(36,37)24-6-2-21(29)3-7-24/h2-3,6-7,17-20,22-23,25H,4-5,8-16H2,1H3,(H2,30,35)(H,31,34). The van der Waals surface area contributed by atoms with Gasteiger partial charge in [-0.2, -0.15) is 4.31 Å². The fourth-order valence-corrected chi connectivity index (χ4v) is 10.3. The molecule has 7 rings (SSSR count). The summed E-state index contributed by atoms with van der Waals surface area (Å²) < 4.78 is 28.8. The van der Waals surface area contributed by atoms with E-state index in [4.69, 9.17) is 17.3 Å². The zero-order valence-corrected chi connectivity index (χ0v) is 23.6. The van der Waals surface area contributed by atoms with Crippen molar-refractivity contribution < 1.29 is 18.0 Å². The first kappa shape index (κ1) is 26.5. The molecular weight excluding hydrogens is 524 g/mol. The van der Waals surface area contributed by atoms with Crippen molar-refractivity contribution >= 4 is 33.4 Å². The molecule has 1 aromatic carbocycles. The number of rotatable bonds is 8. The minimum atomic E-state index is -3.60. The van der Waals surface area contributed by atoms with E-state index in [1.54, 1.807) is 28.6 Å². The van der Waals surface area contributed by atoms with Crippen molar-refractivity contribution in [2.75, 3.05) is 13.1 Å². The summed E-state index contributed by atoms with van der Waals surface area (Å²) in [6.45, 7) is 3.33. The molecule has 1 aromatic rings. The Labute approximate surface area is 230 Å². The van der Waals surface area contributed by atoms with E-state index in [0.29, 0.717) is 48.7 Å². The molecule has 6 aliphatic rings. The Morgan fingerprint density at radius 2 is 1.61 bits per heavy atom. The predicted molar refractivity (Wildman–Crippen MR) is 145 cm³/mol. The van der Waals surface area contributed by atoms with Crippen LogP contribution in [0.1, 0.15) is 64.7 Å². The van der Waals surface area contributed by atoms with E-state index in [2.05, 4.69) is 10.2 Å². The maximum absolute atomic E-state index is 13.5. The number of nitrogens with one attached hydrogen (secondary N) is 1. The minimum absolute atomic E-state index is 0.0434. The van der Waals surface area contributed by atoms with E-state index in [1.165, 1.54) is 0 Å². The second-order valence-corrected chi connectivity index (χ2v) is 14.9. The van der Waals surface area contributed by atoms with Gasteiger partial charge in [0.2, 0.25) is 21.8 Å². The Kier molecular flexibility index (Phi) is 6.81. The number of carbonyl (C=O) groups excluding carboxylic acids is 2. The van der Waals surface area contributed by atoms with Gasteiger partial charge < -0.3 is 11.1 Å². The zero-order valence-electron chi connectivity index (χ0n) is 22.0. The number of hydrogen-bond donors (Lipinski definition) is 2. The Hall–Kier alpha value is -1.68. The van der Waals surface area contributed by atoms with Gasteiger partial charge in [-0.05, 0) is 107 Å². The molecule has 1 aliphatic heterocycles. The number of benzene rings is 1. The maximum atomic E-state index is 13.5. The number of piperidine rings is 1. The molecule has 0 radical (unpaired) electrons. The molecule has 10 heteroatoms. The fraction of sp³-hybridized carbons (Fsp3) is 0.714. The number of likely N-dealkylation sites (tertiary alicyclic amines) is 1. The van der Waals surface area contributed by atoms with E-state index in [-0.39, 0.29) is 46.3 Å². The molecular formula is C28H39ClN4O4S. The Morgan fingerprint density at radius 3 is 2.16 bits per heavy atom. The van der Waals surface area contributed by atoms with Crippen LogP contribution in [0.25, 0.3) is 0 Å². The lowest BCUT2D eigenvalue weighted by atomic mass is 9.47. The van der Waals surface area contributed by atoms with Gasteiger partial charge in [0.1, 0.15) is 0 Å². The van der Waals surface area contributed by atoms with E-state index in [1.807, 2.05) is 6.92 Å². The molecule has 3 atom stereocenters. The lowest BCUT2D eigenvalue weighted by Gasteiger charge is -2.59. The molecule has 6 fully saturated rings. The molecule has 3 N–H and O–H groups in total. The lowest BCUT2D eigenvalue weighted by molar-refractivity contribution is -0.148. The van der Waals surface area contributed by atoms with Gasteiger partial charge in [0.15, 0.2) is 0 Å². The molecule has 3 unspecified atom stereocenters. The quantitative estimate of drug-likeness (QED) is 0.505. The number of carbonyl (C=O) groups is 2. The molecule has 38 heavy (non-hydrogen) atoms. The number of nitrogens with two attached hydrogens (primary N) is 1. The third kappa shape index (κ3) is 4.67. The first-order valence-corrected chi connectivity index (χ1v) is 16.0. The highest BCUT2D eigenvalue weighted by atomic mass is 35.5. The van der Waals surface area contributed by atoms with Crippen LogP contribution in [0.2, 0.25) is 5.02 Å². The minimum Gasteiger partial charge on any atom is -0.369 e. The van der Waals surface area contributed by atoms with Crippen LogP contribution in [-0.4, -0.2) is 66.7 Å². The molecule has 0 aromatic heterocycles. The average molecular weight is 563 g/mol. The second kappa shape index (κ2) is 9.75. The van der Waals surface area contributed by atoms with Crippen molar-refractivity contribution in [3.05, 3.63) is 29.3 Å². The third-order valence-electron chi connectivity index (χ3n) is 10.2. The molecule has 1 saturated heterocycles. The molecule has 5 aliphatic carbocycles. The maximum Gasteiger partial charge on any atom is 0.243 e. The fourth-order valence-electron chi connectivity index (χ4n) is 8.29. The summed E-state index contributed by atoms with van der Waals surface area (Å²) in [6, 6.07) is 6.27. The van der Waals surface area contributed by atoms with Gasteiger partial charge in [0, 0.05) is 41.7 Å². The second-order valence-electron chi connectivity index (χ2n) is 12.6. The summed E-state index contributed by atoms with van der Waals surface area (Å²) >= 11 is 5.99. The molecule has 208 valence electrons. The van der Waals surface area contributed by atoms with Crippen LogP contribution in [0.4, 0.5) is 0 Å². The van der Waals surface area contributed by atoms with Gasteiger partial charge in [0.25, 0.3) is 0 Å². The van der Waals surface area contributed by atoms with Gasteiger partial charge in [-0.1, -0.05) is 11.6 Å². The van der Waals surface area contributed by atoms with Gasteiger partial charge >= 0.3 is 0 Å². The summed E-state index contributed by atoms with van der Waals surface area (Å²) in [5.74, 6) is 1.11. The van der Waals surface area contributed by atoms with Gasteiger partial charge in [-0.25, -0.2) is 8.42 Å². The predicted octanol–water partition coefficient (Wildman–Crippen LogP) is 3.14. The van der Waals surface area contributed by atoms with Crippen molar-refractivity contribution in [1.29, 1.82) is 0 Å². The number of amides is 2. The Morgan fingerprint density at radius 1 is 1.03 bits per heavy atom. The highest BCUT2D eigenvalue weighted by Crippen LogP contribution is 2.60. The van der Waals surface area contributed by atoms with Crippen LogP contribution in [0.5, 0.6) is 0 Å². The zero-order chi connectivity index (χ0) is 26.8. The average Bonchev–Trinajstić information content (AvgIpc) is 3.71. The first-order chi connectivity index (χ1) is 18.1. The van der Waals surface area contributed by atoms with Gasteiger partial charge in [-0.15, -0.1) is 0 Å². The monoisotopic (exact) mass is 562 g/mol. The van der Waals surface area contributed by atoms with Crippen LogP contribution >= 0.6 is 11.6 Å². The highest BCUT2D eigenvalue weighted by molar-refractivity contribution is 7.89. The Balaban J connectivity index is 1.07. The number of halogens is 1. The molecule has 0 spiro atoms. The number of primary amides is 1. The van der Waals surface area contributed by atoms with Crippen LogP contribution in [0.15, 0.2) is 29.2 Å². The molecule has 1 heterocycles. The van der Waals surface area contributed by atoms with Gasteiger partial charge in [-0.3, -0.25) is 14.5 Å². The summed E-state index contributed by atoms with van der Waals surface area (Å²) in [4.78, 5) is 28.1. The van der Waals surface area contributed by atoms with Crippen molar-refractivity contribution in [3.63, 3.8) is 0 Å². The summed E-state index contributed by atoms with van der Waals surface area (Å²) in [5, 5.41) is 3.90. The molecule has 2 amide bonds. The molecule has 5 saturated carbocycles. The number of sulfonamides is 1. The third-order valence-corrected chi connectivity index (χ3v) is 12.5. The van der Waals surface area contributed by atoms with E-state index < -0.39 is 10.0 Å². The number of nitrogens with zero attached hydrogens (tertiary/aromatic N) is 2. The van der Waals surface area contributed by atoms with E-state index in [9.17, 15) is 18.0 Å². The van der Waals surface area contributed by atoms with Crippen molar-refractivity contribution in [2.45, 2.75) is 93.8 Å². The van der Waals surface area contributed by atoms with Crippen LogP contribution < -0.4 is 11.1 Å².